The van der Waals surface area contributed by atoms with Crippen LogP contribution in [0.4, 0.5) is 0 Å². The Bertz CT molecular complexity index is 612. The van der Waals surface area contributed by atoms with Gasteiger partial charge in [0.1, 0.15) is 0 Å². The molecule has 0 amide bonds. The van der Waals surface area contributed by atoms with E-state index in [4.69, 9.17) is 4.74 Å². The summed E-state index contributed by atoms with van der Waals surface area (Å²) in [4.78, 5) is 45.7. The van der Waals surface area contributed by atoms with Crippen molar-refractivity contribution in [1.82, 2.24) is 0 Å². The molecule has 0 saturated carbocycles. The second kappa shape index (κ2) is 25.1. The predicted octanol–water partition coefficient (Wildman–Crippen LogP) is 5.83. The summed E-state index contributed by atoms with van der Waals surface area (Å²) in [5, 5.41) is 10.1. The lowest BCUT2D eigenvalue weighted by atomic mass is 9.95. The maximum absolute atomic E-state index is 11.7. The molecule has 38 heavy (non-hydrogen) atoms. The van der Waals surface area contributed by atoms with Crippen LogP contribution in [-0.2, 0) is 38.1 Å². The normalized spacial score (nSPS) is 10.8. The number of unbranched alkanes of at least 4 members (excludes halogenated alkanes) is 10. The highest BCUT2D eigenvalue weighted by atomic mass is 16.6. The number of aliphatic hydroxyl groups is 1. The summed E-state index contributed by atoms with van der Waals surface area (Å²) < 4.78 is 19.1. The molecule has 0 aliphatic heterocycles. The number of carbonyl (C=O) groups is 4. The minimum absolute atomic E-state index is 0.0206. The Morgan fingerprint density at radius 3 is 1.37 bits per heavy atom. The van der Waals surface area contributed by atoms with Crippen LogP contribution in [0.15, 0.2) is 0 Å². The number of carbonyl (C=O) groups excluding carboxylic acids is 4. The van der Waals surface area contributed by atoms with Gasteiger partial charge in [0.25, 0.3) is 0 Å². The van der Waals surface area contributed by atoms with Crippen molar-refractivity contribution < 1.29 is 43.2 Å². The van der Waals surface area contributed by atoms with Crippen molar-refractivity contribution in [3.05, 3.63) is 0 Å². The van der Waals surface area contributed by atoms with Crippen molar-refractivity contribution in [1.29, 1.82) is 0 Å². The van der Waals surface area contributed by atoms with Gasteiger partial charge in [-0.1, -0.05) is 71.1 Å². The van der Waals surface area contributed by atoms with Crippen molar-refractivity contribution in [2.75, 3.05) is 19.8 Å². The zero-order valence-corrected chi connectivity index (χ0v) is 24.8. The van der Waals surface area contributed by atoms with Crippen molar-refractivity contribution in [2.45, 2.75) is 143 Å². The first-order valence-electron chi connectivity index (χ1n) is 14.5. The lowest BCUT2D eigenvalue weighted by molar-refractivity contribution is -0.177. The van der Waals surface area contributed by atoms with Crippen LogP contribution < -0.4 is 0 Å². The van der Waals surface area contributed by atoms with Gasteiger partial charge in [0.2, 0.25) is 0 Å². The van der Waals surface area contributed by atoms with E-state index in [0.717, 1.165) is 6.42 Å². The Morgan fingerprint density at radius 2 is 1.00 bits per heavy atom. The number of esters is 4. The molecule has 0 aliphatic carbocycles. The summed E-state index contributed by atoms with van der Waals surface area (Å²) in [7, 11) is 0. The van der Waals surface area contributed by atoms with E-state index in [1.165, 1.54) is 64.2 Å². The van der Waals surface area contributed by atoms with Gasteiger partial charge in [-0.2, -0.15) is 0 Å². The lowest BCUT2D eigenvalue weighted by Crippen LogP contribution is -2.44. The van der Waals surface area contributed by atoms with Crippen LogP contribution in [0.2, 0.25) is 0 Å². The van der Waals surface area contributed by atoms with E-state index in [-0.39, 0.29) is 31.9 Å². The Balaban J connectivity index is 0. The van der Waals surface area contributed by atoms with Crippen LogP contribution in [0.5, 0.6) is 0 Å². The first kappa shape index (κ1) is 38.0. The molecule has 0 rings (SSSR count). The van der Waals surface area contributed by atoms with Gasteiger partial charge in [-0.15, -0.1) is 0 Å². The Labute approximate surface area is 230 Å². The van der Waals surface area contributed by atoms with Gasteiger partial charge in [0.05, 0.1) is 38.8 Å². The lowest BCUT2D eigenvalue weighted by Gasteiger charge is -2.23. The molecule has 9 nitrogen and oxygen atoms in total. The third-order valence-electron chi connectivity index (χ3n) is 5.49. The molecule has 0 aromatic carbocycles. The highest BCUT2D eigenvalue weighted by molar-refractivity contribution is 5.90. The van der Waals surface area contributed by atoms with Crippen LogP contribution in [0.3, 0.4) is 0 Å². The molecular weight excluding hydrogens is 492 g/mol. The number of hydrogen-bond acceptors (Lipinski definition) is 9. The number of hydrogen-bond donors (Lipinski definition) is 1. The summed E-state index contributed by atoms with van der Waals surface area (Å²) in [6.07, 6.45) is 13.8. The maximum Gasteiger partial charge on any atom is 0.339 e. The molecule has 9 heteroatoms. The molecule has 0 radical (unpaired) electrons. The van der Waals surface area contributed by atoms with E-state index < -0.39 is 36.4 Å². The Kier molecular flexibility index (Phi) is 25.1. The fourth-order valence-electron chi connectivity index (χ4n) is 3.63. The molecular formula is C29H54O9. The highest BCUT2D eigenvalue weighted by Crippen LogP contribution is 2.20. The van der Waals surface area contributed by atoms with E-state index in [9.17, 15) is 24.3 Å². The Morgan fingerprint density at radius 1 is 0.605 bits per heavy atom. The molecule has 0 saturated heterocycles. The van der Waals surface area contributed by atoms with Crippen molar-refractivity contribution in [3.63, 3.8) is 0 Å². The fraction of sp³-hybridized carbons (Fsp3) is 0.862. The molecule has 0 spiro atoms. The summed E-state index contributed by atoms with van der Waals surface area (Å²) in [6, 6.07) is 0. The summed E-state index contributed by atoms with van der Waals surface area (Å²) >= 11 is 0. The van der Waals surface area contributed by atoms with E-state index in [2.05, 4.69) is 21.1 Å². The molecule has 224 valence electrons. The van der Waals surface area contributed by atoms with Crippen molar-refractivity contribution in [3.8, 4) is 0 Å². The van der Waals surface area contributed by atoms with Crippen LogP contribution in [-0.4, -0.2) is 60.5 Å². The standard InChI is InChI=1S/C17H34O2.C12H20O7/c1-4-5-6-7-8-9-10-11-12-13-14-15-17(18)19-16(2)3;1-4-17-9(13)7-12(16,11(15)19-6-3)8-10(14)18-5-2/h16H,4-15H2,1-3H3;16H,4-8H2,1-3H3. The van der Waals surface area contributed by atoms with Crippen LogP contribution in [0, 0.1) is 0 Å². The van der Waals surface area contributed by atoms with Gasteiger partial charge >= 0.3 is 23.9 Å². The second-order valence-corrected chi connectivity index (χ2v) is 9.54. The van der Waals surface area contributed by atoms with Gasteiger partial charge in [0, 0.05) is 6.42 Å². The first-order valence-corrected chi connectivity index (χ1v) is 14.5. The summed E-state index contributed by atoms with van der Waals surface area (Å²) in [5.41, 5.74) is -2.26. The van der Waals surface area contributed by atoms with E-state index >= 15 is 0 Å². The minimum Gasteiger partial charge on any atom is -0.466 e. The van der Waals surface area contributed by atoms with Crippen LogP contribution in [0.1, 0.15) is 131 Å². The smallest absolute Gasteiger partial charge is 0.339 e. The molecule has 1 N–H and O–H groups in total. The molecule has 0 aromatic heterocycles. The zero-order valence-electron chi connectivity index (χ0n) is 24.8. The molecule has 0 atom stereocenters. The Hall–Kier alpha value is -2.16. The molecule has 0 unspecified atom stereocenters. The molecule has 0 bridgehead atoms. The molecule has 0 aliphatic rings. The SMILES string of the molecule is CCCCCCCCCCCCCC(=O)OC(C)C.CCOC(=O)CC(O)(CC(=O)OCC)C(=O)OCC. The average Bonchev–Trinajstić information content (AvgIpc) is 2.82. The predicted molar refractivity (Wildman–Crippen MR) is 146 cm³/mol. The quantitative estimate of drug-likeness (QED) is 0.108. The van der Waals surface area contributed by atoms with Gasteiger partial charge in [-0.3, -0.25) is 14.4 Å². The topological polar surface area (TPSA) is 125 Å². The van der Waals surface area contributed by atoms with Crippen LogP contribution >= 0.6 is 0 Å². The van der Waals surface area contributed by atoms with Gasteiger partial charge in [-0.05, 0) is 41.0 Å². The van der Waals surface area contributed by atoms with Gasteiger partial charge in [-0.25, -0.2) is 4.79 Å². The average molecular weight is 547 g/mol. The third kappa shape index (κ3) is 23.0. The fourth-order valence-corrected chi connectivity index (χ4v) is 3.63. The first-order chi connectivity index (χ1) is 18.1. The van der Waals surface area contributed by atoms with E-state index in [1.54, 1.807) is 20.8 Å². The third-order valence-corrected chi connectivity index (χ3v) is 5.49. The minimum atomic E-state index is -2.26. The number of ether oxygens (including phenoxy) is 4. The van der Waals surface area contributed by atoms with Crippen LogP contribution in [0.25, 0.3) is 0 Å². The van der Waals surface area contributed by atoms with Gasteiger partial charge < -0.3 is 24.1 Å². The largest absolute Gasteiger partial charge is 0.466 e. The second-order valence-electron chi connectivity index (χ2n) is 9.54. The monoisotopic (exact) mass is 546 g/mol. The maximum atomic E-state index is 11.7. The molecule has 0 fully saturated rings. The summed E-state index contributed by atoms with van der Waals surface area (Å²) in [6.45, 7) is 11.0. The van der Waals surface area contributed by atoms with E-state index in [0.29, 0.717) is 6.42 Å². The van der Waals surface area contributed by atoms with Crippen molar-refractivity contribution >= 4 is 23.9 Å². The molecule has 0 aromatic rings. The van der Waals surface area contributed by atoms with Gasteiger partial charge in [0.15, 0.2) is 5.60 Å². The summed E-state index contributed by atoms with van der Waals surface area (Å²) in [5.74, 6) is -2.66. The highest BCUT2D eigenvalue weighted by Gasteiger charge is 2.43. The van der Waals surface area contributed by atoms with Crippen molar-refractivity contribution in [2.24, 2.45) is 0 Å². The number of rotatable bonds is 21. The van der Waals surface area contributed by atoms with E-state index in [1.807, 2.05) is 13.8 Å². The zero-order chi connectivity index (χ0) is 29.2. The molecule has 0 heterocycles.